The van der Waals surface area contributed by atoms with Gasteiger partial charge in [-0.1, -0.05) is 66.2 Å². The first-order valence-corrected chi connectivity index (χ1v) is 7.79. The maximum Gasteiger partial charge on any atom is 0.165 e. The average molecular weight is 337 g/mol. The van der Waals surface area contributed by atoms with Crippen molar-refractivity contribution >= 4 is 15.9 Å². The zero-order valence-electron chi connectivity index (χ0n) is 11.7. The fraction of sp³-hybridized carbons (Fsp3) is 0.294. The highest BCUT2D eigenvalue weighted by Gasteiger charge is 2.09. The van der Waals surface area contributed by atoms with Gasteiger partial charge >= 0.3 is 0 Å². The highest BCUT2D eigenvalue weighted by molar-refractivity contribution is 9.08. The lowest BCUT2D eigenvalue weighted by molar-refractivity contribution is 0.288. The van der Waals surface area contributed by atoms with E-state index < -0.39 is 0 Å². The van der Waals surface area contributed by atoms with E-state index in [9.17, 15) is 4.39 Å². The van der Waals surface area contributed by atoms with Crippen LogP contribution in [-0.4, -0.2) is 0 Å². The number of alkyl halides is 1. The van der Waals surface area contributed by atoms with Crippen molar-refractivity contribution in [1.82, 2.24) is 0 Å². The van der Waals surface area contributed by atoms with Gasteiger partial charge in [0.1, 0.15) is 6.61 Å². The Balaban J connectivity index is 2.09. The minimum Gasteiger partial charge on any atom is -0.486 e. The summed E-state index contributed by atoms with van der Waals surface area (Å²) in [6.45, 7) is 4.69. The van der Waals surface area contributed by atoms with Gasteiger partial charge in [0.05, 0.1) is 0 Å². The molecule has 0 aromatic heterocycles. The Kier molecular flexibility index (Phi) is 5.18. The van der Waals surface area contributed by atoms with Crippen LogP contribution in [0.1, 0.15) is 36.5 Å². The van der Waals surface area contributed by atoms with Crippen molar-refractivity contribution in [2.75, 3.05) is 0 Å². The van der Waals surface area contributed by atoms with Gasteiger partial charge in [-0.2, -0.15) is 0 Å². The van der Waals surface area contributed by atoms with E-state index in [1.54, 1.807) is 6.07 Å². The van der Waals surface area contributed by atoms with E-state index in [2.05, 4.69) is 41.9 Å². The van der Waals surface area contributed by atoms with Crippen molar-refractivity contribution in [2.24, 2.45) is 0 Å². The van der Waals surface area contributed by atoms with Crippen molar-refractivity contribution in [3.63, 3.8) is 0 Å². The molecule has 3 heteroatoms. The van der Waals surface area contributed by atoms with E-state index >= 15 is 0 Å². The van der Waals surface area contributed by atoms with E-state index in [4.69, 9.17) is 4.74 Å². The molecular formula is C17H18BrFO. The Morgan fingerprint density at radius 1 is 1.10 bits per heavy atom. The highest BCUT2D eigenvalue weighted by Crippen LogP contribution is 2.26. The molecule has 1 nitrogen and oxygen atoms in total. The summed E-state index contributed by atoms with van der Waals surface area (Å²) in [5, 5.41) is 0.576. The van der Waals surface area contributed by atoms with Crippen LogP contribution in [-0.2, 0) is 11.9 Å². The van der Waals surface area contributed by atoms with E-state index in [0.717, 1.165) is 11.1 Å². The second-order valence-corrected chi connectivity index (χ2v) is 5.61. The Morgan fingerprint density at radius 2 is 1.80 bits per heavy atom. The van der Waals surface area contributed by atoms with Crippen molar-refractivity contribution in [3.05, 3.63) is 65.0 Å². The molecule has 0 amide bonds. The standard InChI is InChI=1S/C17H18BrFO/c1-12(2)14-8-6-13(7-9-14)11-20-17-15(10-18)4-3-5-16(17)19/h3-9,12H,10-11H2,1-2H3. The molecule has 0 aliphatic carbocycles. The van der Waals surface area contributed by atoms with Gasteiger partial charge in [0.2, 0.25) is 0 Å². The normalized spacial score (nSPS) is 10.8. The van der Waals surface area contributed by atoms with Gasteiger partial charge in [-0.3, -0.25) is 0 Å². The largest absolute Gasteiger partial charge is 0.486 e. The molecule has 0 radical (unpaired) electrons. The predicted octanol–water partition coefficient (Wildman–Crippen LogP) is 5.42. The molecular weight excluding hydrogens is 319 g/mol. The topological polar surface area (TPSA) is 9.23 Å². The SMILES string of the molecule is CC(C)c1ccc(COc2c(F)cccc2CBr)cc1. The molecule has 0 fully saturated rings. The van der Waals surface area contributed by atoms with Gasteiger partial charge in [-0.25, -0.2) is 4.39 Å². The molecule has 0 N–H and O–H groups in total. The fourth-order valence-electron chi connectivity index (χ4n) is 1.97. The van der Waals surface area contributed by atoms with E-state index in [-0.39, 0.29) is 5.82 Å². The summed E-state index contributed by atoms with van der Waals surface area (Å²) in [6.07, 6.45) is 0. The second-order valence-electron chi connectivity index (χ2n) is 5.05. The summed E-state index contributed by atoms with van der Waals surface area (Å²) < 4.78 is 19.4. The minimum atomic E-state index is -0.319. The number of benzene rings is 2. The molecule has 2 rings (SSSR count). The average Bonchev–Trinajstić information content (AvgIpc) is 2.46. The Bertz CT molecular complexity index is 564. The summed E-state index contributed by atoms with van der Waals surface area (Å²) in [4.78, 5) is 0. The number of hydrogen-bond acceptors (Lipinski definition) is 1. The number of halogens is 2. The van der Waals surface area contributed by atoms with E-state index in [1.165, 1.54) is 11.6 Å². The Morgan fingerprint density at radius 3 is 2.40 bits per heavy atom. The zero-order chi connectivity index (χ0) is 14.5. The molecule has 2 aromatic carbocycles. The Labute approximate surface area is 127 Å². The van der Waals surface area contributed by atoms with Crippen LogP contribution in [0.2, 0.25) is 0 Å². The van der Waals surface area contributed by atoms with Crippen LogP contribution in [0.3, 0.4) is 0 Å². The first-order chi connectivity index (χ1) is 9.61. The summed E-state index contributed by atoms with van der Waals surface area (Å²) in [6, 6.07) is 13.2. The van der Waals surface area contributed by atoms with E-state index in [1.807, 2.05) is 18.2 Å². The summed E-state index contributed by atoms with van der Waals surface area (Å²) in [7, 11) is 0. The monoisotopic (exact) mass is 336 g/mol. The van der Waals surface area contributed by atoms with E-state index in [0.29, 0.717) is 23.6 Å². The smallest absolute Gasteiger partial charge is 0.165 e. The number of ether oxygens (including phenoxy) is 1. The van der Waals surface area contributed by atoms with Crippen LogP contribution in [0, 0.1) is 5.82 Å². The van der Waals surface area contributed by atoms with Crippen molar-refractivity contribution in [1.29, 1.82) is 0 Å². The molecule has 0 saturated carbocycles. The van der Waals surface area contributed by atoms with Gasteiger partial charge in [0.15, 0.2) is 11.6 Å². The van der Waals surface area contributed by atoms with Crippen LogP contribution < -0.4 is 4.74 Å². The van der Waals surface area contributed by atoms with Crippen LogP contribution >= 0.6 is 15.9 Å². The summed E-state index contributed by atoms with van der Waals surface area (Å²) in [5.41, 5.74) is 3.16. The highest BCUT2D eigenvalue weighted by atomic mass is 79.9. The van der Waals surface area contributed by atoms with Crippen molar-refractivity contribution < 1.29 is 9.13 Å². The molecule has 20 heavy (non-hydrogen) atoms. The first-order valence-electron chi connectivity index (χ1n) is 6.66. The van der Waals surface area contributed by atoms with Gasteiger partial charge in [0.25, 0.3) is 0 Å². The van der Waals surface area contributed by atoms with Gasteiger partial charge in [-0.05, 0) is 23.1 Å². The molecule has 0 unspecified atom stereocenters. The molecule has 0 heterocycles. The first kappa shape index (κ1) is 15.0. The van der Waals surface area contributed by atoms with Gasteiger partial charge in [0, 0.05) is 10.9 Å². The number of hydrogen-bond donors (Lipinski definition) is 0. The summed E-state index contributed by atoms with van der Waals surface area (Å²) in [5.74, 6) is 0.523. The predicted molar refractivity (Wildman–Crippen MR) is 83.9 cm³/mol. The maximum atomic E-state index is 13.8. The van der Waals surface area contributed by atoms with Crippen LogP contribution in [0.15, 0.2) is 42.5 Å². The lowest BCUT2D eigenvalue weighted by Crippen LogP contribution is -2.00. The third-order valence-electron chi connectivity index (χ3n) is 3.22. The lowest BCUT2D eigenvalue weighted by Gasteiger charge is -2.12. The van der Waals surface area contributed by atoms with Crippen LogP contribution in [0.25, 0.3) is 0 Å². The van der Waals surface area contributed by atoms with Gasteiger partial charge in [-0.15, -0.1) is 0 Å². The molecule has 2 aromatic rings. The van der Waals surface area contributed by atoms with Crippen LogP contribution in [0.4, 0.5) is 4.39 Å². The third kappa shape index (κ3) is 3.60. The van der Waals surface area contributed by atoms with Crippen molar-refractivity contribution in [3.8, 4) is 5.75 Å². The molecule has 0 spiro atoms. The second kappa shape index (κ2) is 6.89. The minimum absolute atomic E-state index is 0.319. The van der Waals surface area contributed by atoms with Gasteiger partial charge < -0.3 is 4.74 Å². The maximum absolute atomic E-state index is 13.8. The zero-order valence-corrected chi connectivity index (χ0v) is 13.3. The lowest BCUT2D eigenvalue weighted by atomic mass is 10.0. The Hall–Kier alpha value is -1.35. The molecule has 106 valence electrons. The third-order valence-corrected chi connectivity index (χ3v) is 3.83. The molecule has 0 aliphatic rings. The number of rotatable bonds is 5. The fourth-order valence-corrected chi connectivity index (χ4v) is 2.42. The summed E-state index contributed by atoms with van der Waals surface area (Å²) >= 11 is 3.35. The molecule has 0 saturated heterocycles. The molecule has 0 bridgehead atoms. The molecule has 0 atom stereocenters. The molecule has 0 aliphatic heterocycles. The van der Waals surface area contributed by atoms with Crippen molar-refractivity contribution in [2.45, 2.75) is 31.7 Å². The number of para-hydroxylation sites is 1. The van der Waals surface area contributed by atoms with Crippen LogP contribution in [0.5, 0.6) is 5.75 Å². The quantitative estimate of drug-likeness (QED) is 0.662.